The van der Waals surface area contributed by atoms with Gasteiger partial charge in [0.05, 0.1) is 30.3 Å². The fraction of sp³-hybridized carbons (Fsp3) is 0.304. The van der Waals surface area contributed by atoms with Crippen LogP contribution in [0.2, 0.25) is 0 Å². The Labute approximate surface area is 175 Å². The lowest BCUT2D eigenvalue weighted by Crippen LogP contribution is -2.43. The van der Waals surface area contributed by atoms with Crippen molar-refractivity contribution in [1.29, 1.82) is 0 Å². The third-order valence-electron chi connectivity index (χ3n) is 6.02. The molecule has 6 nitrogen and oxygen atoms in total. The molecule has 0 bridgehead atoms. The summed E-state index contributed by atoms with van der Waals surface area (Å²) in [5.74, 6) is 2.72. The van der Waals surface area contributed by atoms with Gasteiger partial charge in [0, 0.05) is 22.9 Å². The standard InChI is InChI=1S/C23H27N6/c1-15-16(2)27-17(3)22(26(6)23(27)24-15)29-18(4)28(19-11-7-8-12-20(19)29)21-13-9-10-14-25(21)5/h7-14,18H,1-6H3/q+1/t18-/m0/s1/i1D3. The van der Waals surface area contributed by atoms with Gasteiger partial charge in [-0.25, -0.2) is 14.5 Å². The predicted octanol–water partition coefficient (Wildman–Crippen LogP) is 4.06. The number of hydrogen-bond donors (Lipinski definition) is 0. The molecule has 29 heavy (non-hydrogen) atoms. The molecular weight excluding hydrogens is 360 g/mol. The molecule has 1 atom stereocenters. The van der Waals surface area contributed by atoms with E-state index in [0.717, 1.165) is 28.7 Å². The highest BCUT2D eigenvalue weighted by Crippen LogP contribution is 2.47. The number of benzene rings is 1. The van der Waals surface area contributed by atoms with Gasteiger partial charge in [-0.05, 0) is 45.8 Å². The molecule has 0 spiro atoms. The molecule has 4 aromatic rings. The zero-order valence-electron chi connectivity index (χ0n) is 20.4. The highest BCUT2D eigenvalue weighted by molar-refractivity contribution is 5.87. The van der Waals surface area contributed by atoms with E-state index in [1.165, 1.54) is 0 Å². The summed E-state index contributed by atoms with van der Waals surface area (Å²) in [6.45, 7) is 3.80. The van der Waals surface area contributed by atoms with Crippen LogP contribution >= 0.6 is 0 Å². The molecular formula is C23H27N6+. The number of nitrogens with zero attached hydrogens (tertiary/aromatic N) is 6. The second kappa shape index (κ2) is 6.11. The van der Waals surface area contributed by atoms with Gasteiger partial charge < -0.3 is 0 Å². The molecule has 0 radical (unpaired) electrons. The lowest BCUT2D eigenvalue weighted by Gasteiger charge is -2.26. The third kappa shape index (κ3) is 2.29. The van der Waals surface area contributed by atoms with E-state index >= 15 is 0 Å². The average molecular weight is 391 g/mol. The Balaban J connectivity index is 1.73. The molecule has 1 aliphatic rings. The molecule has 1 aliphatic heterocycles. The van der Waals surface area contributed by atoms with Crippen molar-refractivity contribution in [3.8, 4) is 0 Å². The van der Waals surface area contributed by atoms with Crippen molar-refractivity contribution in [2.45, 2.75) is 33.8 Å². The van der Waals surface area contributed by atoms with Crippen LogP contribution < -0.4 is 14.4 Å². The summed E-state index contributed by atoms with van der Waals surface area (Å²) in [6, 6.07) is 14.6. The van der Waals surface area contributed by atoms with Crippen LogP contribution in [0.4, 0.5) is 23.0 Å². The molecule has 0 saturated heterocycles. The lowest BCUT2D eigenvalue weighted by atomic mass is 10.2. The maximum atomic E-state index is 7.85. The Hall–Kier alpha value is -3.28. The molecule has 3 aromatic heterocycles. The molecule has 0 fully saturated rings. The quantitative estimate of drug-likeness (QED) is 0.484. The molecule has 0 saturated carbocycles. The Morgan fingerprint density at radius 3 is 2.34 bits per heavy atom. The zero-order chi connectivity index (χ0) is 22.9. The number of imidazole rings is 2. The summed E-state index contributed by atoms with van der Waals surface area (Å²) in [7, 11) is 4.00. The number of para-hydroxylation sites is 2. The third-order valence-corrected chi connectivity index (χ3v) is 6.02. The van der Waals surface area contributed by atoms with Gasteiger partial charge in [0.2, 0.25) is 5.78 Å². The molecule has 6 heteroatoms. The van der Waals surface area contributed by atoms with Crippen molar-refractivity contribution in [3.05, 3.63) is 65.7 Å². The molecule has 4 heterocycles. The van der Waals surface area contributed by atoms with Gasteiger partial charge in [0.1, 0.15) is 5.82 Å². The van der Waals surface area contributed by atoms with E-state index in [-0.39, 0.29) is 11.9 Å². The number of hydrogen-bond acceptors (Lipinski definition) is 3. The first-order chi connectivity index (χ1) is 15.1. The van der Waals surface area contributed by atoms with Gasteiger partial charge in [-0.1, -0.05) is 18.2 Å². The van der Waals surface area contributed by atoms with Crippen LogP contribution in [0.3, 0.4) is 0 Å². The van der Waals surface area contributed by atoms with Crippen molar-refractivity contribution in [3.63, 3.8) is 0 Å². The first kappa shape index (κ1) is 14.7. The van der Waals surface area contributed by atoms with Crippen LogP contribution in [0.25, 0.3) is 5.78 Å². The SMILES string of the molecule is [2H]C([2H])([2H])c1nc2n(C)c(N3c4ccccc4N(c4cccc[n+]4C)[C@@H]3C)c(C)n2c1C. The van der Waals surface area contributed by atoms with Gasteiger partial charge in [0.25, 0.3) is 5.82 Å². The summed E-state index contributed by atoms with van der Waals surface area (Å²) in [6.07, 6.45) is 2.05. The van der Waals surface area contributed by atoms with E-state index in [1.54, 1.807) is 0 Å². The average Bonchev–Trinajstić information content (AvgIpc) is 3.31. The van der Waals surface area contributed by atoms with Crippen LogP contribution in [0.1, 0.15) is 28.1 Å². The van der Waals surface area contributed by atoms with E-state index in [2.05, 4.69) is 75.9 Å². The largest absolute Gasteiger partial charge is 0.299 e. The van der Waals surface area contributed by atoms with Crippen molar-refractivity contribution in [2.24, 2.45) is 14.1 Å². The topological polar surface area (TPSA) is 32.6 Å². The van der Waals surface area contributed by atoms with Gasteiger partial charge in [-0.2, -0.15) is 0 Å². The van der Waals surface area contributed by atoms with Crippen molar-refractivity contribution < 1.29 is 8.68 Å². The maximum Gasteiger partial charge on any atom is 0.283 e. The van der Waals surface area contributed by atoms with Crippen molar-refractivity contribution in [1.82, 2.24) is 14.0 Å². The predicted molar refractivity (Wildman–Crippen MR) is 116 cm³/mol. The number of rotatable bonds is 2. The van der Waals surface area contributed by atoms with E-state index in [9.17, 15) is 0 Å². The van der Waals surface area contributed by atoms with E-state index in [0.29, 0.717) is 11.5 Å². The van der Waals surface area contributed by atoms with Crippen molar-refractivity contribution in [2.75, 3.05) is 9.80 Å². The smallest absolute Gasteiger partial charge is 0.283 e. The molecule has 0 amide bonds. The summed E-state index contributed by atoms with van der Waals surface area (Å²) < 4.78 is 29.6. The number of aromatic nitrogens is 4. The second-order valence-electron chi connectivity index (χ2n) is 7.68. The second-order valence-corrected chi connectivity index (χ2v) is 7.68. The van der Waals surface area contributed by atoms with E-state index < -0.39 is 6.85 Å². The lowest BCUT2D eigenvalue weighted by molar-refractivity contribution is -0.658. The highest BCUT2D eigenvalue weighted by Gasteiger charge is 2.43. The van der Waals surface area contributed by atoms with Crippen LogP contribution in [0.5, 0.6) is 0 Å². The Kier molecular flexibility index (Phi) is 3.09. The van der Waals surface area contributed by atoms with Crippen LogP contribution in [0.15, 0.2) is 48.7 Å². The monoisotopic (exact) mass is 390 g/mol. The molecule has 0 N–H and O–H groups in total. The molecule has 1 aromatic carbocycles. The Morgan fingerprint density at radius 1 is 1.00 bits per heavy atom. The van der Waals surface area contributed by atoms with Crippen LogP contribution in [0, 0.1) is 20.7 Å². The summed E-state index contributed by atoms with van der Waals surface area (Å²) in [5, 5.41) is 0. The van der Waals surface area contributed by atoms with E-state index in [4.69, 9.17) is 4.11 Å². The molecule has 148 valence electrons. The van der Waals surface area contributed by atoms with Gasteiger partial charge >= 0.3 is 0 Å². The first-order valence-electron chi connectivity index (χ1n) is 11.3. The minimum Gasteiger partial charge on any atom is -0.299 e. The van der Waals surface area contributed by atoms with E-state index in [1.807, 2.05) is 35.9 Å². The minimum atomic E-state index is -2.24. The first-order valence-corrected chi connectivity index (χ1v) is 9.80. The Morgan fingerprint density at radius 2 is 1.69 bits per heavy atom. The van der Waals surface area contributed by atoms with Gasteiger partial charge in [-0.15, -0.1) is 0 Å². The van der Waals surface area contributed by atoms with Crippen LogP contribution in [-0.4, -0.2) is 20.1 Å². The zero-order valence-corrected chi connectivity index (χ0v) is 17.4. The molecule has 0 unspecified atom stereocenters. The minimum absolute atomic E-state index is 0.000369. The fourth-order valence-electron chi connectivity index (χ4n) is 4.65. The Bertz CT molecular complexity index is 1350. The van der Waals surface area contributed by atoms with Crippen LogP contribution in [-0.2, 0) is 14.1 Å². The fourth-order valence-corrected chi connectivity index (χ4v) is 4.65. The molecule has 5 rings (SSSR count). The van der Waals surface area contributed by atoms with Crippen molar-refractivity contribution >= 4 is 28.8 Å². The normalized spacial score (nSPS) is 18.1. The number of aryl methyl sites for hydroxylation is 5. The molecule has 0 aliphatic carbocycles. The summed E-state index contributed by atoms with van der Waals surface area (Å²) in [5.41, 5.74) is 4.00. The van der Waals surface area contributed by atoms with Gasteiger partial charge in [0.15, 0.2) is 11.9 Å². The maximum absolute atomic E-state index is 7.85. The number of pyridine rings is 1. The summed E-state index contributed by atoms with van der Waals surface area (Å²) in [4.78, 5) is 9.16. The number of fused-ring (bicyclic) bond motifs is 2. The summed E-state index contributed by atoms with van der Waals surface area (Å²) >= 11 is 0. The van der Waals surface area contributed by atoms with Gasteiger partial charge in [-0.3, -0.25) is 13.9 Å². The highest BCUT2D eigenvalue weighted by atomic mass is 15.5. The number of anilines is 4.